The zero-order valence-corrected chi connectivity index (χ0v) is 17.4. The van der Waals surface area contributed by atoms with Gasteiger partial charge in [-0.25, -0.2) is 9.97 Å². The van der Waals surface area contributed by atoms with Crippen molar-refractivity contribution in [3.63, 3.8) is 0 Å². The molecule has 26 heavy (non-hydrogen) atoms. The van der Waals surface area contributed by atoms with E-state index in [0.29, 0.717) is 17.6 Å². The number of halogens is 1. The van der Waals surface area contributed by atoms with E-state index in [-0.39, 0.29) is 5.91 Å². The van der Waals surface area contributed by atoms with E-state index >= 15 is 0 Å². The van der Waals surface area contributed by atoms with E-state index in [1.807, 2.05) is 30.3 Å². The Kier molecular flexibility index (Phi) is 6.53. The Morgan fingerprint density at radius 1 is 1.23 bits per heavy atom. The van der Waals surface area contributed by atoms with Gasteiger partial charge in [-0.2, -0.15) is 0 Å². The SMILES string of the molecule is C[C@@H]1C[C@@H](C)CN(c2cc(SCC(=O)Nc3ccc(Br)cc3)ncn2)C1. The van der Waals surface area contributed by atoms with E-state index in [4.69, 9.17) is 0 Å². The number of carbonyl (C=O) groups excluding carboxylic acids is 1. The highest BCUT2D eigenvalue weighted by molar-refractivity contribution is 9.10. The van der Waals surface area contributed by atoms with Gasteiger partial charge in [0.05, 0.1) is 5.75 Å². The third-order valence-corrected chi connectivity index (χ3v) is 5.75. The van der Waals surface area contributed by atoms with Crippen molar-refractivity contribution in [3.05, 3.63) is 41.1 Å². The molecule has 2 aromatic rings. The molecule has 0 unspecified atom stereocenters. The number of hydrogen-bond acceptors (Lipinski definition) is 5. The summed E-state index contributed by atoms with van der Waals surface area (Å²) in [5.74, 6) is 2.56. The summed E-state index contributed by atoms with van der Waals surface area (Å²) >= 11 is 4.82. The predicted octanol–water partition coefficient (Wildman–Crippen LogP) is 4.45. The summed E-state index contributed by atoms with van der Waals surface area (Å²) < 4.78 is 0.986. The molecule has 0 aliphatic carbocycles. The van der Waals surface area contributed by atoms with E-state index in [1.165, 1.54) is 18.2 Å². The van der Waals surface area contributed by atoms with Crippen LogP contribution >= 0.6 is 27.7 Å². The van der Waals surface area contributed by atoms with Crippen LogP contribution in [0.4, 0.5) is 11.5 Å². The van der Waals surface area contributed by atoms with Gasteiger partial charge in [0.2, 0.25) is 5.91 Å². The van der Waals surface area contributed by atoms with Crippen molar-refractivity contribution in [2.24, 2.45) is 11.8 Å². The minimum absolute atomic E-state index is 0.0438. The van der Waals surface area contributed by atoms with Crippen LogP contribution in [0.3, 0.4) is 0 Å². The second-order valence-corrected chi connectivity index (χ2v) is 8.82. The van der Waals surface area contributed by atoms with E-state index in [2.05, 4.69) is 50.0 Å². The summed E-state index contributed by atoms with van der Waals surface area (Å²) in [5.41, 5.74) is 0.790. The molecule has 2 atom stereocenters. The van der Waals surface area contributed by atoms with Gasteiger partial charge in [0.25, 0.3) is 0 Å². The largest absolute Gasteiger partial charge is 0.356 e. The minimum Gasteiger partial charge on any atom is -0.356 e. The highest BCUT2D eigenvalue weighted by atomic mass is 79.9. The van der Waals surface area contributed by atoms with Gasteiger partial charge < -0.3 is 10.2 Å². The molecule has 138 valence electrons. The molecule has 1 aliphatic rings. The first kappa shape index (κ1) is 19.2. The standard InChI is InChI=1S/C19H23BrN4OS/c1-13-7-14(2)10-24(9-13)17-8-19(22-12-21-17)26-11-18(25)23-16-5-3-15(20)4-6-16/h3-6,8,12-14H,7,9-11H2,1-2H3,(H,23,25)/t13-,14-/m1/s1. The number of aromatic nitrogens is 2. The molecule has 1 saturated heterocycles. The summed E-state index contributed by atoms with van der Waals surface area (Å²) in [7, 11) is 0. The molecule has 1 aliphatic heterocycles. The Hall–Kier alpha value is -1.60. The fourth-order valence-corrected chi connectivity index (χ4v) is 4.23. The molecule has 0 saturated carbocycles. The number of nitrogens with one attached hydrogen (secondary N) is 1. The van der Waals surface area contributed by atoms with Crippen LogP contribution in [0, 0.1) is 11.8 Å². The number of benzene rings is 1. The molecule has 0 radical (unpaired) electrons. The van der Waals surface area contributed by atoms with Crippen LogP contribution < -0.4 is 10.2 Å². The summed E-state index contributed by atoms with van der Waals surface area (Å²) in [6.45, 7) is 6.61. The Morgan fingerprint density at radius 2 is 1.92 bits per heavy atom. The van der Waals surface area contributed by atoms with Crippen molar-refractivity contribution >= 4 is 45.1 Å². The van der Waals surface area contributed by atoms with Gasteiger partial charge in [0.15, 0.2) is 0 Å². The first-order chi connectivity index (χ1) is 12.5. The van der Waals surface area contributed by atoms with E-state index in [1.54, 1.807) is 6.33 Å². The van der Waals surface area contributed by atoms with Crippen LogP contribution in [0.25, 0.3) is 0 Å². The lowest BCUT2D eigenvalue weighted by Crippen LogP contribution is -2.39. The zero-order valence-electron chi connectivity index (χ0n) is 15.0. The molecule has 0 bridgehead atoms. The topological polar surface area (TPSA) is 58.1 Å². The number of amides is 1. The van der Waals surface area contributed by atoms with E-state index in [9.17, 15) is 4.79 Å². The lowest BCUT2D eigenvalue weighted by atomic mass is 9.92. The van der Waals surface area contributed by atoms with Crippen molar-refractivity contribution in [1.29, 1.82) is 0 Å². The summed E-state index contributed by atoms with van der Waals surface area (Å²) in [4.78, 5) is 23.2. The first-order valence-electron chi connectivity index (χ1n) is 8.75. The van der Waals surface area contributed by atoms with Gasteiger partial charge in [-0.1, -0.05) is 41.5 Å². The summed E-state index contributed by atoms with van der Waals surface area (Å²) in [5, 5.41) is 3.72. The number of rotatable bonds is 5. The van der Waals surface area contributed by atoms with Crippen LogP contribution in [0.2, 0.25) is 0 Å². The average molecular weight is 435 g/mol. The van der Waals surface area contributed by atoms with Gasteiger partial charge >= 0.3 is 0 Å². The molecule has 1 aromatic heterocycles. The van der Waals surface area contributed by atoms with Gasteiger partial charge in [-0.3, -0.25) is 4.79 Å². The monoisotopic (exact) mass is 434 g/mol. The quantitative estimate of drug-likeness (QED) is 0.556. The van der Waals surface area contributed by atoms with Crippen LogP contribution in [0.5, 0.6) is 0 Å². The third kappa shape index (κ3) is 5.45. The van der Waals surface area contributed by atoms with E-state index < -0.39 is 0 Å². The average Bonchev–Trinajstić information content (AvgIpc) is 2.61. The maximum absolute atomic E-state index is 12.1. The third-order valence-electron chi connectivity index (χ3n) is 4.30. The summed E-state index contributed by atoms with van der Waals surface area (Å²) in [6.07, 6.45) is 2.85. The Morgan fingerprint density at radius 3 is 2.62 bits per heavy atom. The summed E-state index contributed by atoms with van der Waals surface area (Å²) in [6, 6.07) is 9.53. The fraction of sp³-hybridized carbons (Fsp3) is 0.421. The molecule has 1 fully saturated rings. The van der Waals surface area contributed by atoms with Crippen molar-refractivity contribution in [2.45, 2.75) is 25.3 Å². The maximum Gasteiger partial charge on any atom is 0.234 e. The second kappa shape index (κ2) is 8.86. The molecule has 3 rings (SSSR count). The predicted molar refractivity (Wildman–Crippen MR) is 111 cm³/mol. The zero-order chi connectivity index (χ0) is 18.5. The maximum atomic E-state index is 12.1. The smallest absolute Gasteiger partial charge is 0.234 e. The molecule has 1 N–H and O–H groups in total. The number of carbonyl (C=O) groups is 1. The normalized spacial score (nSPS) is 20.0. The molecule has 1 aromatic carbocycles. The van der Waals surface area contributed by atoms with Crippen molar-refractivity contribution in [2.75, 3.05) is 29.1 Å². The minimum atomic E-state index is -0.0438. The van der Waals surface area contributed by atoms with Crippen LogP contribution in [-0.2, 0) is 4.79 Å². The molecule has 7 heteroatoms. The lowest BCUT2D eigenvalue weighted by molar-refractivity contribution is -0.113. The van der Waals surface area contributed by atoms with Crippen LogP contribution in [0.1, 0.15) is 20.3 Å². The molecular formula is C19H23BrN4OS. The highest BCUT2D eigenvalue weighted by Crippen LogP contribution is 2.27. The van der Waals surface area contributed by atoms with Crippen LogP contribution in [0.15, 0.2) is 46.2 Å². The van der Waals surface area contributed by atoms with E-state index in [0.717, 1.165) is 34.1 Å². The number of piperidine rings is 1. The van der Waals surface area contributed by atoms with Crippen molar-refractivity contribution < 1.29 is 4.79 Å². The lowest BCUT2D eigenvalue weighted by Gasteiger charge is -2.35. The Balaban J connectivity index is 1.56. The van der Waals surface area contributed by atoms with Crippen molar-refractivity contribution in [3.8, 4) is 0 Å². The fourth-order valence-electron chi connectivity index (χ4n) is 3.30. The second-order valence-electron chi connectivity index (χ2n) is 6.91. The Labute approximate surface area is 167 Å². The van der Waals surface area contributed by atoms with Crippen LogP contribution in [-0.4, -0.2) is 34.7 Å². The number of anilines is 2. The van der Waals surface area contributed by atoms with Crippen molar-refractivity contribution in [1.82, 2.24) is 9.97 Å². The molecular weight excluding hydrogens is 412 g/mol. The van der Waals surface area contributed by atoms with Gasteiger partial charge in [0.1, 0.15) is 17.2 Å². The number of hydrogen-bond donors (Lipinski definition) is 1. The Bertz CT molecular complexity index is 745. The number of thioether (sulfide) groups is 1. The first-order valence-corrected chi connectivity index (χ1v) is 10.5. The molecule has 0 spiro atoms. The molecule has 1 amide bonds. The molecule has 2 heterocycles. The highest BCUT2D eigenvalue weighted by Gasteiger charge is 2.23. The van der Waals surface area contributed by atoms with Gasteiger partial charge in [-0.05, 0) is 42.5 Å². The molecule has 5 nitrogen and oxygen atoms in total. The van der Waals surface area contributed by atoms with Gasteiger partial charge in [0, 0.05) is 29.3 Å². The van der Waals surface area contributed by atoms with Gasteiger partial charge in [-0.15, -0.1) is 0 Å². The number of nitrogens with zero attached hydrogens (tertiary/aromatic N) is 3.